The second-order valence-electron chi connectivity index (χ2n) is 11.6. The summed E-state index contributed by atoms with van der Waals surface area (Å²) in [5.41, 5.74) is 8.17. The fraction of sp³-hybridized carbons (Fsp3) is 0.125. The molecule has 0 spiro atoms. The van der Waals surface area contributed by atoms with Crippen molar-refractivity contribution in [3.63, 3.8) is 0 Å². The van der Waals surface area contributed by atoms with Crippen LogP contribution in [-0.2, 0) is 59.7 Å². The summed E-state index contributed by atoms with van der Waals surface area (Å²) in [5.74, 6) is 0. The van der Waals surface area contributed by atoms with Gasteiger partial charge >= 0.3 is 20.1 Å². The van der Waals surface area contributed by atoms with Crippen molar-refractivity contribution in [3.8, 4) is 0 Å². The van der Waals surface area contributed by atoms with Crippen molar-refractivity contribution in [1.82, 2.24) is 0 Å². The average molecular weight is 897 g/mol. The van der Waals surface area contributed by atoms with Gasteiger partial charge in [-0.3, -0.25) is 0 Å². The van der Waals surface area contributed by atoms with Crippen molar-refractivity contribution in [2.24, 2.45) is 0 Å². The first-order chi connectivity index (χ1) is 29.2. The molecule has 0 heterocycles. The Hall–Kier alpha value is -7.33. The monoisotopic (exact) mass is 895 g/mol. The molecule has 301 valence electrons. The molecular formula is C48H42N6O6Tc+6. The first-order valence-corrected chi connectivity index (χ1v) is 17.6. The zero-order valence-electron chi connectivity index (χ0n) is 32.8. The van der Waals surface area contributed by atoms with Gasteiger partial charge in [0.2, 0.25) is 0 Å². The standard InChI is InChI=1S/6C8H7NO.Tc/c6*1-9-8-4-2-3-7(5-8)6-10;/h6*2-5,10H,6H2;/q;;;;;;+6. The van der Waals surface area contributed by atoms with Crippen molar-refractivity contribution in [1.29, 1.82) is 0 Å². The third kappa shape index (κ3) is 23.0. The molecule has 0 atom stereocenters. The van der Waals surface area contributed by atoms with Gasteiger partial charge in [-0.2, -0.15) is 0 Å². The molecule has 6 N–H and O–H groups in total. The molecule has 0 amide bonds. The number of aliphatic hydroxyl groups excluding tert-OH is 6. The number of nitrogens with zero attached hydrogens (tertiary/aromatic N) is 6. The molecule has 0 fully saturated rings. The number of hydrogen-bond acceptors (Lipinski definition) is 6. The quantitative estimate of drug-likeness (QED) is 0.0918. The zero-order valence-corrected chi connectivity index (χ0v) is 34.7. The van der Waals surface area contributed by atoms with Crippen LogP contribution < -0.4 is 0 Å². The van der Waals surface area contributed by atoms with Gasteiger partial charge < -0.3 is 30.6 Å². The Morgan fingerprint density at radius 1 is 0.262 bits per heavy atom. The van der Waals surface area contributed by atoms with Crippen LogP contribution in [0.15, 0.2) is 146 Å². The maximum atomic E-state index is 8.65. The zero-order chi connectivity index (χ0) is 44.4. The van der Waals surface area contributed by atoms with Crippen molar-refractivity contribution >= 4 is 34.1 Å². The van der Waals surface area contributed by atoms with Crippen LogP contribution in [0, 0.1) is 39.4 Å². The van der Waals surface area contributed by atoms with Crippen LogP contribution in [0.3, 0.4) is 0 Å². The normalized spacial score (nSPS) is 8.66. The molecule has 0 unspecified atom stereocenters. The number of aliphatic hydroxyl groups is 6. The van der Waals surface area contributed by atoms with Crippen LogP contribution in [0.25, 0.3) is 29.1 Å². The Kier molecular flexibility index (Phi) is 29.6. The summed E-state index contributed by atoms with van der Waals surface area (Å²) in [6.45, 7) is 40.0. The van der Waals surface area contributed by atoms with E-state index in [9.17, 15) is 0 Å². The van der Waals surface area contributed by atoms with E-state index in [2.05, 4.69) is 29.1 Å². The largest absolute Gasteiger partial charge is 6.00 e. The van der Waals surface area contributed by atoms with E-state index in [-0.39, 0.29) is 59.7 Å². The Morgan fingerprint density at radius 3 is 0.492 bits per heavy atom. The molecular weight excluding hydrogens is 855 g/mol. The van der Waals surface area contributed by atoms with Crippen molar-refractivity contribution in [3.05, 3.63) is 247 Å². The fourth-order valence-corrected chi connectivity index (χ4v) is 4.35. The summed E-state index contributed by atoms with van der Waals surface area (Å²) in [5, 5.41) is 51.9. The predicted molar refractivity (Wildman–Crippen MR) is 232 cm³/mol. The molecule has 0 aromatic heterocycles. The van der Waals surface area contributed by atoms with E-state index in [1.54, 1.807) is 146 Å². The van der Waals surface area contributed by atoms with E-state index in [1.165, 1.54) is 0 Å². The first kappa shape index (κ1) is 53.7. The van der Waals surface area contributed by atoms with Gasteiger partial charge in [0.05, 0.1) is 79.1 Å². The van der Waals surface area contributed by atoms with Crippen LogP contribution in [0.1, 0.15) is 33.4 Å². The molecule has 0 saturated heterocycles. The van der Waals surface area contributed by atoms with Gasteiger partial charge in [-0.15, -0.1) is 0 Å². The van der Waals surface area contributed by atoms with Crippen LogP contribution in [-0.4, -0.2) is 30.6 Å². The molecule has 0 bridgehead atoms. The van der Waals surface area contributed by atoms with Gasteiger partial charge in [0.1, 0.15) is 0 Å². The third-order valence-electron chi connectivity index (χ3n) is 7.33. The minimum atomic E-state index is 0. The molecule has 1 radical (unpaired) electrons. The number of hydrogen-bond donors (Lipinski definition) is 6. The van der Waals surface area contributed by atoms with Crippen molar-refractivity contribution in [2.45, 2.75) is 39.6 Å². The molecule has 0 saturated carbocycles. The fourth-order valence-electron chi connectivity index (χ4n) is 4.35. The number of rotatable bonds is 6. The van der Waals surface area contributed by atoms with E-state index in [4.69, 9.17) is 70.1 Å². The summed E-state index contributed by atoms with van der Waals surface area (Å²) in [6, 6.07) is 41.6. The minimum Gasteiger partial charge on any atom is -0.392 e. The third-order valence-corrected chi connectivity index (χ3v) is 7.33. The number of benzene rings is 6. The summed E-state index contributed by atoms with van der Waals surface area (Å²) < 4.78 is 0. The first-order valence-electron chi connectivity index (χ1n) is 17.6. The van der Waals surface area contributed by atoms with Gasteiger partial charge in [0.25, 0.3) is 0 Å². The van der Waals surface area contributed by atoms with Crippen molar-refractivity contribution < 1.29 is 50.7 Å². The molecule has 6 aromatic rings. The molecule has 0 aliphatic heterocycles. The topological polar surface area (TPSA) is 148 Å². The van der Waals surface area contributed by atoms with Crippen LogP contribution in [0.2, 0.25) is 0 Å². The summed E-state index contributed by atoms with van der Waals surface area (Å²) in [6.07, 6.45) is 0. The van der Waals surface area contributed by atoms with E-state index in [0.29, 0.717) is 34.1 Å². The minimum absolute atomic E-state index is 0. The second kappa shape index (κ2) is 33.6. The van der Waals surface area contributed by atoms with E-state index in [1.807, 2.05) is 0 Å². The Morgan fingerprint density at radius 2 is 0.393 bits per heavy atom. The molecule has 0 aliphatic carbocycles. The maximum absolute atomic E-state index is 8.65. The Bertz CT molecular complexity index is 2030. The molecule has 0 aliphatic rings. The molecule has 6 rings (SSSR count). The summed E-state index contributed by atoms with van der Waals surface area (Å²) >= 11 is 0. The van der Waals surface area contributed by atoms with Crippen LogP contribution in [0.4, 0.5) is 34.1 Å². The molecule has 61 heavy (non-hydrogen) atoms. The van der Waals surface area contributed by atoms with Crippen LogP contribution in [0.5, 0.6) is 0 Å². The SMILES string of the molecule is [C-]#[N+]c1cccc(CO)c1.[C-]#[N+]c1cccc(CO)c1.[C-]#[N+]c1cccc(CO)c1.[C-]#[N+]c1cccc(CO)c1.[C-]#[N+]c1cccc(CO)c1.[C-]#[N+]c1cccc(CO)c1.[Tc+6]. The van der Waals surface area contributed by atoms with Crippen LogP contribution >= 0.6 is 0 Å². The van der Waals surface area contributed by atoms with Gasteiger partial charge in [-0.05, 0) is 33.4 Å². The summed E-state index contributed by atoms with van der Waals surface area (Å²) in [7, 11) is 0. The van der Waals surface area contributed by atoms with Gasteiger partial charge in [-0.25, -0.2) is 29.1 Å². The molecule has 13 heteroatoms. The second-order valence-corrected chi connectivity index (χ2v) is 11.6. The van der Waals surface area contributed by atoms with Crippen molar-refractivity contribution in [2.75, 3.05) is 0 Å². The maximum Gasteiger partial charge on any atom is 6.00 e. The average Bonchev–Trinajstić information content (AvgIpc) is 3.34. The molecule has 6 aromatic carbocycles. The van der Waals surface area contributed by atoms with Gasteiger partial charge in [0, 0.05) is 0 Å². The predicted octanol–water partition coefficient (Wildman–Crippen LogP) is 10.4. The van der Waals surface area contributed by atoms with Gasteiger partial charge in [-0.1, -0.05) is 146 Å². The van der Waals surface area contributed by atoms with E-state index in [0.717, 1.165) is 33.4 Å². The molecule has 12 nitrogen and oxygen atoms in total. The van der Waals surface area contributed by atoms with E-state index >= 15 is 0 Å². The summed E-state index contributed by atoms with van der Waals surface area (Å²) in [4.78, 5) is 19.3. The van der Waals surface area contributed by atoms with E-state index < -0.39 is 0 Å². The Labute approximate surface area is 370 Å². The van der Waals surface area contributed by atoms with Gasteiger partial charge in [0.15, 0.2) is 34.1 Å². The smallest absolute Gasteiger partial charge is 0.392 e. The Balaban J connectivity index is 0.000000706.